The molecule has 0 aliphatic heterocycles. The Morgan fingerprint density at radius 2 is 2.00 bits per heavy atom. The van der Waals surface area contributed by atoms with Crippen molar-refractivity contribution in [1.82, 2.24) is 4.98 Å². The second-order valence-electron chi connectivity index (χ2n) is 5.04. The molecule has 1 amide bonds. The smallest absolute Gasteiger partial charge is 0.250 e. The molecule has 0 aliphatic carbocycles. The number of thiazole rings is 1. The van der Waals surface area contributed by atoms with Crippen LogP contribution >= 0.6 is 50.5 Å². The highest BCUT2D eigenvalue weighted by Crippen LogP contribution is 2.27. The topological polar surface area (TPSA) is 42.0 Å². The van der Waals surface area contributed by atoms with Gasteiger partial charge in [0.1, 0.15) is 0 Å². The van der Waals surface area contributed by atoms with E-state index in [2.05, 4.69) is 26.2 Å². The average Bonchev–Trinajstić information content (AvgIpc) is 3.04. The van der Waals surface area contributed by atoms with E-state index in [1.165, 1.54) is 17.4 Å². The second-order valence-corrected chi connectivity index (χ2v) is 7.63. The molecule has 0 aliphatic rings. The number of nitrogens with zero attached hydrogens (tertiary/aromatic N) is 1. The van der Waals surface area contributed by atoms with Crippen molar-refractivity contribution in [1.29, 1.82) is 0 Å². The summed E-state index contributed by atoms with van der Waals surface area (Å²) in [6.07, 6.45) is 3.10. The molecular formula is C18H11BrCl2N2OS. The van der Waals surface area contributed by atoms with Crippen molar-refractivity contribution in [2.45, 2.75) is 0 Å². The quantitative estimate of drug-likeness (QED) is 0.456. The molecule has 3 nitrogen and oxygen atoms in total. The Morgan fingerprint density at radius 3 is 2.76 bits per heavy atom. The van der Waals surface area contributed by atoms with E-state index in [1.54, 1.807) is 24.3 Å². The van der Waals surface area contributed by atoms with Crippen LogP contribution in [0, 0.1) is 0 Å². The summed E-state index contributed by atoms with van der Waals surface area (Å²) in [6.45, 7) is 0. The third-order valence-corrected chi connectivity index (χ3v) is 5.22. The predicted octanol–water partition coefficient (Wildman–Crippen LogP) is 6.53. The highest BCUT2D eigenvalue weighted by molar-refractivity contribution is 9.10. The molecule has 0 bridgehead atoms. The predicted molar refractivity (Wildman–Crippen MR) is 109 cm³/mol. The van der Waals surface area contributed by atoms with Gasteiger partial charge in [-0.05, 0) is 35.9 Å². The van der Waals surface area contributed by atoms with E-state index >= 15 is 0 Å². The summed E-state index contributed by atoms with van der Waals surface area (Å²) in [6, 6.07) is 13.0. The van der Waals surface area contributed by atoms with Gasteiger partial charge in [-0.2, -0.15) is 0 Å². The first-order valence-electron chi connectivity index (χ1n) is 7.17. The zero-order chi connectivity index (χ0) is 17.8. The van der Waals surface area contributed by atoms with E-state index < -0.39 is 0 Å². The van der Waals surface area contributed by atoms with Gasteiger partial charge in [-0.1, -0.05) is 57.3 Å². The van der Waals surface area contributed by atoms with Gasteiger partial charge in [0.25, 0.3) is 0 Å². The van der Waals surface area contributed by atoms with Gasteiger partial charge in [0.15, 0.2) is 5.13 Å². The van der Waals surface area contributed by atoms with Crippen LogP contribution in [0.15, 0.2) is 58.4 Å². The molecule has 7 heteroatoms. The Hall–Kier alpha value is -1.66. The van der Waals surface area contributed by atoms with Crippen molar-refractivity contribution >= 4 is 67.6 Å². The molecule has 3 rings (SSSR count). The van der Waals surface area contributed by atoms with Crippen LogP contribution in [0.4, 0.5) is 5.13 Å². The fourth-order valence-corrected chi connectivity index (χ4v) is 3.47. The number of carbonyl (C=O) groups is 1. The van der Waals surface area contributed by atoms with Crippen LogP contribution < -0.4 is 5.32 Å². The Kier molecular flexibility index (Phi) is 5.91. The second kappa shape index (κ2) is 8.15. The van der Waals surface area contributed by atoms with Crippen molar-refractivity contribution in [3.8, 4) is 11.3 Å². The summed E-state index contributed by atoms with van der Waals surface area (Å²) < 4.78 is 0.980. The third kappa shape index (κ3) is 4.92. The monoisotopic (exact) mass is 452 g/mol. The molecule has 0 radical (unpaired) electrons. The lowest BCUT2D eigenvalue weighted by Gasteiger charge is -1.99. The van der Waals surface area contributed by atoms with Gasteiger partial charge in [-0.3, -0.25) is 10.1 Å². The highest BCUT2D eigenvalue weighted by Gasteiger charge is 2.07. The van der Waals surface area contributed by atoms with Crippen LogP contribution in [0.2, 0.25) is 10.0 Å². The average molecular weight is 454 g/mol. The zero-order valence-corrected chi connectivity index (χ0v) is 16.6. The molecule has 1 heterocycles. The molecule has 0 saturated carbocycles. The zero-order valence-electron chi connectivity index (χ0n) is 12.7. The van der Waals surface area contributed by atoms with Crippen LogP contribution in [-0.2, 0) is 4.79 Å². The fraction of sp³-hybridized carbons (Fsp3) is 0. The lowest BCUT2D eigenvalue weighted by Crippen LogP contribution is -2.07. The molecule has 126 valence electrons. The highest BCUT2D eigenvalue weighted by atomic mass is 79.9. The van der Waals surface area contributed by atoms with Gasteiger partial charge in [0, 0.05) is 21.5 Å². The van der Waals surface area contributed by atoms with E-state index in [4.69, 9.17) is 23.2 Å². The molecule has 25 heavy (non-hydrogen) atoms. The number of nitrogens with one attached hydrogen (secondary N) is 1. The third-order valence-electron chi connectivity index (χ3n) is 3.23. The van der Waals surface area contributed by atoms with Gasteiger partial charge in [-0.25, -0.2) is 4.98 Å². The minimum atomic E-state index is -0.263. The summed E-state index contributed by atoms with van der Waals surface area (Å²) in [5, 5.41) is 6.12. The van der Waals surface area contributed by atoms with Crippen molar-refractivity contribution in [3.63, 3.8) is 0 Å². The van der Waals surface area contributed by atoms with Crippen LogP contribution in [0.25, 0.3) is 17.3 Å². The number of benzene rings is 2. The number of rotatable bonds is 4. The number of halogens is 3. The van der Waals surface area contributed by atoms with Crippen LogP contribution in [0.1, 0.15) is 5.56 Å². The molecule has 0 saturated heterocycles. The minimum absolute atomic E-state index is 0.263. The minimum Gasteiger partial charge on any atom is -0.298 e. The standard InChI is InChI=1S/C18H11BrCl2N2OS/c19-13-3-1-2-12(9-13)16-10-25-18(22-16)23-17(24)7-5-11-4-6-14(20)15(21)8-11/h1-10H,(H,22,23,24). The van der Waals surface area contributed by atoms with Gasteiger partial charge >= 0.3 is 0 Å². The maximum Gasteiger partial charge on any atom is 0.250 e. The summed E-state index contributed by atoms with van der Waals surface area (Å²) in [4.78, 5) is 16.5. The number of anilines is 1. The normalized spacial score (nSPS) is 11.0. The summed E-state index contributed by atoms with van der Waals surface area (Å²) in [5.41, 5.74) is 2.59. The first-order chi connectivity index (χ1) is 12.0. The molecule has 0 spiro atoms. The van der Waals surface area contributed by atoms with E-state index in [0.717, 1.165) is 21.3 Å². The lowest BCUT2D eigenvalue weighted by molar-refractivity contribution is -0.111. The Labute approximate surface area is 167 Å². The molecule has 3 aromatic rings. The van der Waals surface area contributed by atoms with Gasteiger partial charge in [0.05, 0.1) is 15.7 Å². The van der Waals surface area contributed by atoms with Crippen molar-refractivity contribution in [3.05, 3.63) is 74.0 Å². The Balaban J connectivity index is 1.67. The molecule has 0 atom stereocenters. The van der Waals surface area contributed by atoms with E-state index in [1.807, 2.05) is 29.6 Å². The van der Waals surface area contributed by atoms with Crippen LogP contribution in [0.3, 0.4) is 0 Å². The Morgan fingerprint density at radius 1 is 1.16 bits per heavy atom. The number of amides is 1. The maximum absolute atomic E-state index is 12.0. The molecule has 1 aromatic heterocycles. The molecule has 2 aromatic carbocycles. The molecule has 1 N–H and O–H groups in total. The van der Waals surface area contributed by atoms with Crippen LogP contribution in [0.5, 0.6) is 0 Å². The van der Waals surface area contributed by atoms with Crippen molar-refractivity contribution < 1.29 is 4.79 Å². The first kappa shape index (κ1) is 18.1. The van der Waals surface area contributed by atoms with Crippen LogP contribution in [-0.4, -0.2) is 10.9 Å². The maximum atomic E-state index is 12.0. The van der Waals surface area contributed by atoms with Crippen molar-refractivity contribution in [2.75, 3.05) is 5.32 Å². The van der Waals surface area contributed by atoms with E-state index in [0.29, 0.717) is 15.2 Å². The van der Waals surface area contributed by atoms with E-state index in [-0.39, 0.29) is 5.91 Å². The summed E-state index contributed by atoms with van der Waals surface area (Å²) >= 11 is 16.6. The summed E-state index contributed by atoms with van der Waals surface area (Å²) in [7, 11) is 0. The SMILES string of the molecule is O=C(C=Cc1ccc(Cl)c(Cl)c1)Nc1nc(-c2cccc(Br)c2)cs1. The van der Waals surface area contributed by atoms with E-state index in [9.17, 15) is 4.79 Å². The lowest BCUT2D eigenvalue weighted by atomic mass is 10.2. The molecule has 0 unspecified atom stereocenters. The van der Waals surface area contributed by atoms with Gasteiger partial charge in [-0.15, -0.1) is 11.3 Å². The Bertz CT molecular complexity index is 956. The number of aromatic nitrogens is 1. The molecular weight excluding hydrogens is 443 g/mol. The fourth-order valence-electron chi connectivity index (χ4n) is 2.05. The van der Waals surface area contributed by atoms with Crippen molar-refractivity contribution in [2.24, 2.45) is 0 Å². The van der Waals surface area contributed by atoms with Gasteiger partial charge < -0.3 is 0 Å². The number of hydrogen-bond acceptors (Lipinski definition) is 3. The number of hydrogen-bond donors (Lipinski definition) is 1. The largest absolute Gasteiger partial charge is 0.298 e. The van der Waals surface area contributed by atoms with Gasteiger partial charge in [0.2, 0.25) is 5.91 Å². The molecule has 0 fully saturated rings. The summed E-state index contributed by atoms with van der Waals surface area (Å²) in [5.74, 6) is -0.263. The first-order valence-corrected chi connectivity index (χ1v) is 9.60. The number of carbonyl (C=O) groups excluding carboxylic acids is 1.